The van der Waals surface area contributed by atoms with E-state index in [0.717, 1.165) is 18.7 Å². The van der Waals surface area contributed by atoms with E-state index in [-0.39, 0.29) is 5.84 Å². The molecule has 1 saturated heterocycles. The Balaban J connectivity index is 2.27. The van der Waals surface area contributed by atoms with Gasteiger partial charge in [0.2, 0.25) is 5.95 Å². The van der Waals surface area contributed by atoms with Crippen LogP contribution in [0.1, 0.15) is 17.8 Å². The van der Waals surface area contributed by atoms with Crippen molar-refractivity contribution in [2.45, 2.75) is 19.4 Å². The lowest BCUT2D eigenvalue weighted by atomic mass is 10.2. The summed E-state index contributed by atoms with van der Waals surface area (Å²) in [6.07, 6.45) is 0.975. The Labute approximate surface area is 100 Å². The van der Waals surface area contributed by atoms with E-state index in [2.05, 4.69) is 9.97 Å². The van der Waals surface area contributed by atoms with Gasteiger partial charge in [-0.3, -0.25) is 5.41 Å². The Morgan fingerprint density at radius 1 is 1.59 bits per heavy atom. The number of ether oxygens (including phenoxy) is 1. The summed E-state index contributed by atoms with van der Waals surface area (Å²) < 4.78 is 5.34. The van der Waals surface area contributed by atoms with E-state index in [4.69, 9.17) is 15.9 Å². The van der Waals surface area contributed by atoms with E-state index < -0.39 is 0 Å². The van der Waals surface area contributed by atoms with Crippen molar-refractivity contribution < 1.29 is 4.74 Å². The molecule has 6 nitrogen and oxygen atoms in total. The van der Waals surface area contributed by atoms with Gasteiger partial charge in [-0.25, -0.2) is 9.97 Å². The van der Waals surface area contributed by atoms with Crippen molar-refractivity contribution in [3.05, 3.63) is 17.5 Å². The highest BCUT2D eigenvalue weighted by atomic mass is 16.5. The highest BCUT2D eigenvalue weighted by molar-refractivity contribution is 5.93. The summed E-state index contributed by atoms with van der Waals surface area (Å²) in [7, 11) is 1.94. The lowest BCUT2D eigenvalue weighted by Gasteiger charge is -2.23. The number of aromatic nitrogens is 2. The Morgan fingerprint density at radius 3 is 2.94 bits per heavy atom. The zero-order valence-corrected chi connectivity index (χ0v) is 10.1. The van der Waals surface area contributed by atoms with Crippen LogP contribution >= 0.6 is 0 Å². The highest BCUT2D eigenvalue weighted by Crippen LogP contribution is 2.17. The first-order valence-electron chi connectivity index (χ1n) is 5.58. The summed E-state index contributed by atoms with van der Waals surface area (Å²) in [5, 5.41) is 7.42. The molecule has 92 valence electrons. The number of nitrogens with two attached hydrogens (primary N) is 1. The number of hydrogen-bond acceptors (Lipinski definition) is 5. The molecule has 0 saturated carbocycles. The average Bonchev–Trinajstić information content (AvgIpc) is 2.80. The normalized spacial score (nSPS) is 19.3. The fourth-order valence-corrected chi connectivity index (χ4v) is 1.84. The quantitative estimate of drug-likeness (QED) is 0.581. The number of nitrogens with one attached hydrogen (secondary N) is 1. The molecule has 1 aliphatic rings. The summed E-state index contributed by atoms with van der Waals surface area (Å²) in [6.45, 7) is 3.35. The van der Waals surface area contributed by atoms with E-state index >= 15 is 0 Å². The van der Waals surface area contributed by atoms with Gasteiger partial charge in [-0.2, -0.15) is 0 Å². The van der Waals surface area contributed by atoms with Crippen LogP contribution in [0.2, 0.25) is 0 Å². The minimum absolute atomic E-state index is 0.0344. The average molecular weight is 235 g/mol. The number of nitrogens with zero attached hydrogens (tertiary/aromatic N) is 3. The van der Waals surface area contributed by atoms with E-state index in [1.807, 2.05) is 18.9 Å². The first-order valence-corrected chi connectivity index (χ1v) is 5.58. The topological polar surface area (TPSA) is 88.1 Å². The number of amidine groups is 1. The number of nitrogen functional groups attached to an aromatic ring is 1. The molecule has 0 aliphatic carbocycles. The van der Waals surface area contributed by atoms with Crippen LogP contribution in [0.15, 0.2) is 6.07 Å². The molecule has 3 N–H and O–H groups in total. The van der Waals surface area contributed by atoms with Gasteiger partial charge in [0.25, 0.3) is 0 Å². The molecule has 1 atom stereocenters. The summed E-state index contributed by atoms with van der Waals surface area (Å²) in [6, 6.07) is 2.02. The monoisotopic (exact) mass is 235 g/mol. The van der Waals surface area contributed by atoms with Crippen LogP contribution < -0.4 is 10.6 Å². The minimum atomic E-state index is -0.0344. The van der Waals surface area contributed by atoms with Crippen LogP contribution in [-0.2, 0) is 4.74 Å². The summed E-state index contributed by atoms with van der Waals surface area (Å²) in [4.78, 5) is 10.6. The van der Waals surface area contributed by atoms with Crippen molar-refractivity contribution >= 4 is 11.8 Å². The Hall–Kier alpha value is -1.69. The van der Waals surface area contributed by atoms with Crippen molar-refractivity contribution in [1.82, 2.24) is 9.97 Å². The van der Waals surface area contributed by atoms with Gasteiger partial charge in [-0.1, -0.05) is 0 Å². The van der Waals surface area contributed by atoms with Gasteiger partial charge in [-0.05, 0) is 19.4 Å². The van der Waals surface area contributed by atoms with Gasteiger partial charge in [0.15, 0.2) is 0 Å². The Bertz CT molecular complexity index is 428. The van der Waals surface area contributed by atoms with Crippen LogP contribution in [-0.4, -0.2) is 42.1 Å². The fourth-order valence-electron chi connectivity index (χ4n) is 1.84. The molecule has 0 spiro atoms. The fraction of sp³-hybridized carbons (Fsp3) is 0.545. The molecule has 2 rings (SSSR count). The van der Waals surface area contributed by atoms with Crippen molar-refractivity contribution in [2.75, 3.05) is 25.2 Å². The molecular formula is C11H17N5O. The Kier molecular flexibility index (Phi) is 3.23. The maximum Gasteiger partial charge on any atom is 0.226 e. The van der Waals surface area contributed by atoms with Gasteiger partial charge in [0.05, 0.1) is 12.6 Å². The van der Waals surface area contributed by atoms with Crippen LogP contribution in [0.3, 0.4) is 0 Å². The molecule has 0 radical (unpaired) electrons. The second-order valence-corrected chi connectivity index (χ2v) is 4.24. The maximum atomic E-state index is 7.42. The molecule has 17 heavy (non-hydrogen) atoms. The lowest BCUT2D eigenvalue weighted by Crippen LogP contribution is -2.34. The van der Waals surface area contributed by atoms with Gasteiger partial charge in [-0.15, -0.1) is 0 Å². The third kappa shape index (κ3) is 2.52. The van der Waals surface area contributed by atoms with Gasteiger partial charge in [0, 0.05) is 19.3 Å². The largest absolute Gasteiger partial charge is 0.382 e. The van der Waals surface area contributed by atoms with E-state index in [1.54, 1.807) is 6.07 Å². The van der Waals surface area contributed by atoms with Crippen molar-refractivity contribution in [2.24, 2.45) is 5.73 Å². The number of likely N-dealkylation sites (N-methyl/N-ethyl adjacent to an activating group) is 1. The molecule has 0 aromatic carbocycles. The van der Waals surface area contributed by atoms with Crippen LogP contribution in [0.5, 0.6) is 0 Å². The molecule has 0 amide bonds. The second kappa shape index (κ2) is 4.67. The molecule has 1 aromatic rings. The number of rotatable bonds is 3. The number of aryl methyl sites for hydroxylation is 1. The van der Waals surface area contributed by atoms with Gasteiger partial charge < -0.3 is 15.4 Å². The van der Waals surface area contributed by atoms with Gasteiger partial charge >= 0.3 is 0 Å². The zero-order chi connectivity index (χ0) is 12.4. The number of anilines is 1. The minimum Gasteiger partial charge on any atom is -0.382 e. The second-order valence-electron chi connectivity index (χ2n) is 4.24. The Morgan fingerprint density at radius 2 is 2.35 bits per heavy atom. The van der Waals surface area contributed by atoms with Crippen molar-refractivity contribution in [3.63, 3.8) is 0 Å². The molecule has 6 heteroatoms. The first kappa shape index (κ1) is 11.8. The third-order valence-corrected chi connectivity index (χ3v) is 2.89. The number of hydrogen-bond donors (Lipinski definition) is 2. The smallest absolute Gasteiger partial charge is 0.226 e. The maximum absolute atomic E-state index is 7.42. The zero-order valence-electron chi connectivity index (χ0n) is 10.1. The van der Waals surface area contributed by atoms with Crippen LogP contribution in [0.25, 0.3) is 0 Å². The van der Waals surface area contributed by atoms with Crippen molar-refractivity contribution in [1.29, 1.82) is 5.41 Å². The molecular weight excluding hydrogens is 218 g/mol. The molecule has 2 heterocycles. The molecule has 0 bridgehead atoms. The highest BCUT2D eigenvalue weighted by Gasteiger charge is 2.22. The van der Waals surface area contributed by atoms with E-state index in [9.17, 15) is 0 Å². The standard InChI is InChI=1S/C11H17N5O/c1-7-5-9(10(12)13)15-11(14-7)16(2)8-3-4-17-6-8/h5,8H,3-4,6H2,1-2H3,(H3,12,13). The molecule has 1 fully saturated rings. The summed E-state index contributed by atoms with van der Waals surface area (Å²) in [5.41, 5.74) is 6.74. The molecule has 1 unspecified atom stereocenters. The molecule has 1 aromatic heterocycles. The third-order valence-electron chi connectivity index (χ3n) is 2.89. The van der Waals surface area contributed by atoms with Crippen LogP contribution in [0, 0.1) is 12.3 Å². The van der Waals surface area contributed by atoms with E-state index in [1.165, 1.54) is 0 Å². The summed E-state index contributed by atoms with van der Waals surface area (Å²) in [5.74, 6) is 0.568. The summed E-state index contributed by atoms with van der Waals surface area (Å²) >= 11 is 0. The van der Waals surface area contributed by atoms with E-state index in [0.29, 0.717) is 24.3 Å². The van der Waals surface area contributed by atoms with Crippen molar-refractivity contribution in [3.8, 4) is 0 Å². The predicted octanol–water partition coefficient (Wildman–Crippen LogP) is 0.294. The molecule has 1 aliphatic heterocycles. The lowest BCUT2D eigenvalue weighted by molar-refractivity contribution is 0.193. The predicted molar refractivity (Wildman–Crippen MR) is 65.4 cm³/mol. The van der Waals surface area contributed by atoms with Gasteiger partial charge in [0.1, 0.15) is 11.5 Å². The van der Waals surface area contributed by atoms with Crippen LogP contribution in [0.4, 0.5) is 5.95 Å². The first-order chi connectivity index (χ1) is 8.08. The SMILES string of the molecule is Cc1cc(C(=N)N)nc(N(C)C2CCOC2)n1.